The predicted octanol–water partition coefficient (Wildman–Crippen LogP) is 3.06. The van der Waals surface area contributed by atoms with Gasteiger partial charge in [0.1, 0.15) is 11.1 Å². The van der Waals surface area contributed by atoms with Crippen LogP contribution < -0.4 is 10.9 Å². The van der Waals surface area contributed by atoms with Crippen molar-refractivity contribution in [3.8, 4) is 0 Å². The molecule has 0 unspecified atom stereocenters. The van der Waals surface area contributed by atoms with Gasteiger partial charge in [-0.25, -0.2) is 4.98 Å². The largest absolute Gasteiger partial charge is 0.442 e. The van der Waals surface area contributed by atoms with Gasteiger partial charge < -0.3 is 14.7 Å². The smallest absolute Gasteiger partial charge is 0.262 e. The van der Waals surface area contributed by atoms with E-state index in [1.165, 1.54) is 6.33 Å². The normalized spacial score (nSPS) is 10.9. The molecule has 0 fully saturated rings. The van der Waals surface area contributed by atoms with E-state index in [4.69, 9.17) is 27.6 Å². The number of aromatic nitrogens is 2. The van der Waals surface area contributed by atoms with Gasteiger partial charge in [-0.15, -0.1) is 0 Å². The molecule has 2 N–H and O–H groups in total. The minimum Gasteiger partial charge on any atom is -0.442 e. The fourth-order valence-electron chi connectivity index (χ4n) is 2.25. The number of hydrogen-bond donors (Lipinski definition) is 2. The second-order valence-electron chi connectivity index (χ2n) is 4.88. The number of fused-ring (bicyclic) bond motifs is 1. The molecule has 0 aliphatic rings. The third-order valence-corrected chi connectivity index (χ3v) is 4.07. The number of aromatic amines is 1. The van der Waals surface area contributed by atoms with Crippen LogP contribution in [0.15, 0.2) is 33.7 Å². The highest BCUT2D eigenvalue weighted by atomic mass is 35.5. The average molecular weight is 352 g/mol. The van der Waals surface area contributed by atoms with Crippen molar-refractivity contribution in [1.82, 2.24) is 15.3 Å². The van der Waals surface area contributed by atoms with Gasteiger partial charge in [-0.05, 0) is 24.6 Å². The van der Waals surface area contributed by atoms with Gasteiger partial charge in [0, 0.05) is 6.54 Å². The van der Waals surface area contributed by atoms with Crippen LogP contribution in [-0.4, -0.2) is 15.9 Å². The summed E-state index contributed by atoms with van der Waals surface area (Å²) in [6, 6.07) is 5.07. The maximum absolute atomic E-state index is 12.4. The van der Waals surface area contributed by atoms with E-state index in [0.29, 0.717) is 15.8 Å². The van der Waals surface area contributed by atoms with Crippen molar-refractivity contribution in [3.63, 3.8) is 0 Å². The van der Waals surface area contributed by atoms with Crippen LogP contribution >= 0.6 is 23.2 Å². The summed E-state index contributed by atoms with van der Waals surface area (Å²) in [7, 11) is 0. The van der Waals surface area contributed by atoms with E-state index in [-0.39, 0.29) is 23.2 Å². The second kappa shape index (κ2) is 6.06. The topological polar surface area (TPSA) is 88.0 Å². The number of aryl methyl sites for hydroxylation is 1. The highest BCUT2D eigenvalue weighted by Crippen LogP contribution is 2.23. The number of H-pyrrole nitrogens is 1. The van der Waals surface area contributed by atoms with Crippen molar-refractivity contribution in [1.29, 1.82) is 0 Å². The summed E-state index contributed by atoms with van der Waals surface area (Å²) in [6.45, 7) is 1.84. The SMILES string of the molecule is Cc1oc2nc[nH]c(=O)c2c1C(=O)NCc1ccc(Cl)c(Cl)c1. The summed E-state index contributed by atoms with van der Waals surface area (Å²) in [5.41, 5.74) is 0.664. The van der Waals surface area contributed by atoms with Crippen LogP contribution in [0.5, 0.6) is 0 Å². The number of halogens is 2. The van der Waals surface area contributed by atoms with Gasteiger partial charge in [-0.2, -0.15) is 0 Å². The molecule has 0 aliphatic heterocycles. The lowest BCUT2D eigenvalue weighted by molar-refractivity contribution is 0.0950. The molecule has 0 bridgehead atoms. The van der Waals surface area contributed by atoms with Gasteiger partial charge in [-0.1, -0.05) is 29.3 Å². The Morgan fingerprint density at radius 1 is 1.35 bits per heavy atom. The number of nitrogens with one attached hydrogen (secondary N) is 2. The van der Waals surface area contributed by atoms with Gasteiger partial charge in [0.25, 0.3) is 11.5 Å². The van der Waals surface area contributed by atoms with Crippen molar-refractivity contribution in [2.24, 2.45) is 0 Å². The lowest BCUT2D eigenvalue weighted by atomic mass is 10.1. The predicted molar refractivity (Wildman–Crippen MR) is 87.0 cm³/mol. The number of furan rings is 1. The zero-order valence-corrected chi connectivity index (χ0v) is 13.5. The van der Waals surface area contributed by atoms with Crippen molar-refractivity contribution in [3.05, 3.63) is 61.8 Å². The average Bonchev–Trinajstić information content (AvgIpc) is 2.85. The first-order chi connectivity index (χ1) is 11.0. The number of rotatable bonds is 3. The Labute approximate surface area is 140 Å². The number of nitrogens with zero attached hydrogens (tertiary/aromatic N) is 1. The first-order valence-electron chi connectivity index (χ1n) is 6.66. The number of benzene rings is 1. The molecule has 3 rings (SSSR count). The van der Waals surface area contributed by atoms with E-state index in [0.717, 1.165) is 5.56 Å². The Morgan fingerprint density at radius 3 is 2.87 bits per heavy atom. The quantitative estimate of drug-likeness (QED) is 0.758. The Kier molecular flexibility index (Phi) is 4.11. The molecule has 6 nitrogen and oxygen atoms in total. The molecule has 1 amide bonds. The standard InChI is InChI=1S/C15H11Cl2N3O3/c1-7-11(12-14(22)19-6-20-15(12)23-7)13(21)18-5-8-2-3-9(16)10(17)4-8/h2-4,6H,5H2,1H3,(H,18,21)(H,19,20,22). The van der Waals surface area contributed by atoms with E-state index < -0.39 is 11.5 Å². The van der Waals surface area contributed by atoms with Crippen LogP contribution in [0, 0.1) is 6.92 Å². The zero-order valence-electron chi connectivity index (χ0n) is 11.9. The number of hydrogen-bond acceptors (Lipinski definition) is 4. The first-order valence-corrected chi connectivity index (χ1v) is 7.42. The monoisotopic (exact) mass is 351 g/mol. The summed E-state index contributed by atoms with van der Waals surface area (Å²) in [4.78, 5) is 30.7. The number of amides is 1. The van der Waals surface area contributed by atoms with Gasteiger partial charge in [0.2, 0.25) is 5.71 Å². The second-order valence-corrected chi connectivity index (χ2v) is 5.69. The van der Waals surface area contributed by atoms with Crippen molar-refractivity contribution < 1.29 is 9.21 Å². The molecule has 1 aromatic carbocycles. The van der Waals surface area contributed by atoms with Crippen LogP contribution in [0.25, 0.3) is 11.1 Å². The van der Waals surface area contributed by atoms with Crippen LogP contribution in [0.4, 0.5) is 0 Å². The summed E-state index contributed by atoms with van der Waals surface area (Å²) >= 11 is 11.8. The van der Waals surface area contributed by atoms with Crippen molar-refractivity contribution >= 4 is 40.2 Å². The zero-order chi connectivity index (χ0) is 16.6. The summed E-state index contributed by atoms with van der Waals surface area (Å²) in [5, 5.41) is 3.71. The maximum Gasteiger partial charge on any atom is 0.262 e. The Hall–Kier alpha value is -2.31. The molecule has 0 radical (unpaired) electrons. The molecule has 2 heterocycles. The first kappa shape index (κ1) is 15.6. The fourth-order valence-corrected chi connectivity index (χ4v) is 2.57. The van der Waals surface area contributed by atoms with Crippen LogP contribution in [0.3, 0.4) is 0 Å². The van der Waals surface area contributed by atoms with Crippen LogP contribution in [0.1, 0.15) is 21.7 Å². The summed E-state index contributed by atoms with van der Waals surface area (Å²) in [5.74, 6) is -0.0957. The molecule has 3 aromatic rings. The summed E-state index contributed by atoms with van der Waals surface area (Å²) in [6.07, 6.45) is 1.23. The molecular weight excluding hydrogens is 341 g/mol. The van der Waals surface area contributed by atoms with Crippen LogP contribution in [0.2, 0.25) is 10.0 Å². The van der Waals surface area contributed by atoms with E-state index in [9.17, 15) is 9.59 Å². The van der Waals surface area contributed by atoms with Gasteiger partial charge >= 0.3 is 0 Å². The third-order valence-electron chi connectivity index (χ3n) is 3.33. The maximum atomic E-state index is 12.4. The van der Waals surface area contributed by atoms with Gasteiger partial charge in [-0.3, -0.25) is 9.59 Å². The van der Waals surface area contributed by atoms with E-state index in [1.807, 2.05) is 0 Å². The van der Waals surface area contributed by atoms with E-state index in [1.54, 1.807) is 25.1 Å². The van der Waals surface area contributed by atoms with Gasteiger partial charge in [0.05, 0.1) is 21.9 Å². The fraction of sp³-hybridized carbons (Fsp3) is 0.133. The third kappa shape index (κ3) is 2.95. The number of carbonyl (C=O) groups is 1. The number of carbonyl (C=O) groups excluding carboxylic acids is 1. The Balaban J connectivity index is 1.88. The lowest BCUT2D eigenvalue weighted by Crippen LogP contribution is -2.24. The highest BCUT2D eigenvalue weighted by Gasteiger charge is 2.21. The molecule has 23 heavy (non-hydrogen) atoms. The van der Waals surface area contributed by atoms with Crippen molar-refractivity contribution in [2.45, 2.75) is 13.5 Å². The molecule has 0 atom stereocenters. The molecular formula is C15H11Cl2N3O3. The molecule has 0 saturated heterocycles. The molecule has 8 heteroatoms. The minimum atomic E-state index is -0.425. The lowest BCUT2D eigenvalue weighted by Gasteiger charge is -2.06. The summed E-state index contributed by atoms with van der Waals surface area (Å²) < 4.78 is 5.36. The molecule has 0 spiro atoms. The highest BCUT2D eigenvalue weighted by molar-refractivity contribution is 6.42. The van der Waals surface area contributed by atoms with E-state index in [2.05, 4.69) is 15.3 Å². The Morgan fingerprint density at radius 2 is 2.13 bits per heavy atom. The van der Waals surface area contributed by atoms with Crippen LogP contribution in [-0.2, 0) is 6.54 Å². The molecule has 118 valence electrons. The minimum absolute atomic E-state index is 0.130. The van der Waals surface area contributed by atoms with Crippen molar-refractivity contribution in [2.75, 3.05) is 0 Å². The molecule has 0 saturated carbocycles. The Bertz CT molecular complexity index is 962. The molecule has 0 aliphatic carbocycles. The molecule has 2 aromatic heterocycles. The van der Waals surface area contributed by atoms with E-state index >= 15 is 0 Å². The van der Waals surface area contributed by atoms with Gasteiger partial charge in [0.15, 0.2) is 0 Å².